The molecule has 1 N–H and O–H groups in total. The molecule has 0 aliphatic heterocycles. The van der Waals surface area contributed by atoms with Gasteiger partial charge >= 0.3 is 0 Å². The van der Waals surface area contributed by atoms with Crippen LogP contribution in [0.15, 0.2) is 59.5 Å². The normalized spacial score (nSPS) is 12.1. The van der Waals surface area contributed by atoms with Gasteiger partial charge in [0.05, 0.1) is 5.69 Å². The van der Waals surface area contributed by atoms with E-state index in [1.807, 2.05) is 29.2 Å². The summed E-state index contributed by atoms with van der Waals surface area (Å²) >= 11 is 3.47. The summed E-state index contributed by atoms with van der Waals surface area (Å²) in [5.41, 5.74) is 3.43. The van der Waals surface area contributed by atoms with Crippen molar-refractivity contribution in [1.29, 1.82) is 0 Å². The first-order valence-corrected chi connectivity index (χ1v) is 7.91. The van der Waals surface area contributed by atoms with Gasteiger partial charge in [0.15, 0.2) is 0 Å². The third-order valence-corrected chi connectivity index (χ3v) is 4.40. The van der Waals surface area contributed by atoms with Gasteiger partial charge in [-0.2, -0.15) is 5.10 Å². The van der Waals surface area contributed by atoms with Gasteiger partial charge in [-0.1, -0.05) is 12.1 Å². The van der Waals surface area contributed by atoms with Crippen molar-refractivity contribution < 1.29 is 0 Å². The third kappa shape index (κ3) is 3.20. The first-order valence-electron chi connectivity index (χ1n) is 7.12. The minimum atomic E-state index is 0.180. The summed E-state index contributed by atoms with van der Waals surface area (Å²) in [6, 6.07) is 12.5. The average Bonchev–Trinajstić information content (AvgIpc) is 3.05. The Bertz CT molecular complexity index is 751. The molecule has 112 valence electrons. The van der Waals surface area contributed by atoms with E-state index in [-0.39, 0.29) is 6.04 Å². The van der Waals surface area contributed by atoms with E-state index in [2.05, 4.69) is 69.4 Å². The number of nitrogens with zero attached hydrogens (tertiary/aromatic N) is 3. The Morgan fingerprint density at radius 1 is 1.23 bits per heavy atom. The number of aromatic nitrogens is 3. The Morgan fingerprint density at radius 3 is 2.64 bits per heavy atom. The van der Waals surface area contributed by atoms with Crippen LogP contribution < -0.4 is 5.32 Å². The van der Waals surface area contributed by atoms with Gasteiger partial charge in [-0.25, -0.2) is 9.67 Å². The molecule has 1 atom stereocenters. The molecule has 0 aliphatic rings. The van der Waals surface area contributed by atoms with Gasteiger partial charge in [-0.05, 0) is 65.2 Å². The molecule has 5 heteroatoms. The molecule has 22 heavy (non-hydrogen) atoms. The van der Waals surface area contributed by atoms with Crippen molar-refractivity contribution in [3.05, 3.63) is 70.6 Å². The summed E-state index contributed by atoms with van der Waals surface area (Å²) in [7, 11) is 0. The number of nitrogens with one attached hydrogen (secondary N) is 1. The van der Waals surface area contributed by atoms with Crippen molar-refractivity contribution in [1.82, 2.24) is 14.8 Å². The lowest BCUT2D eigenvalue weighted by atomic mass is 10.1. The zero-order valence-electron chi connectivity index (χ0n) is 12.5. The summed E-state index contributed by atoms with van der Waals surface area (Å²) in [4.78, 5) is 4.39. The van der Waals surface area contributed by atoms with Gasteiger partial charge in [0.25, 0.3) is 0 Å². The Kier molecular flexibility index (Phi) is 4.24. The molecular weight excluding hydrogens is 340 g/mol. The lowest BCUT2D eigenvalue weighted by Gasteiger charge is -2.16. The molecule has 0 bridgehead atoms. The number of rotatable bonds is 4. The van der Waals surface area contributed by atoms with Gasteiger partial charge < -0.3 is 5.32 Å². The van der Waals surface area contributed by atoms with Crippen molar-refractivity contribution >= 4 is 21.7 Å². The Labute approximate surface area is 138 Å². The molecule has 2 aromatic heterocycles. The smallest absolute Gasteiger partial charge is 0.126 e. The molecule has 3 rings (SSSR count). The van der Waals surface area contributed by atoms with Crippen molar-refractivity contribution in [2.75, 3.05) is 5.32 Å². The maximum Gasteiger partial charge on any atom is 0.126 e. The first-order chi connectivity index (χ1) is 10.6. The molecule has 0 spiro atoms. The van der Waals surface area contributed by atoms with Crippen molar-refractivity contribution in [2.45, 2.75) is 19.9 Å². The average molecular weight is 357 g/mol. The highest BCUT2D eigenvalue weighted by Crippen LogP contribution is 2.22. The number of hydrogen-bond acceptors (Lipinski definition) is 3. The van der Waals surface area contributed by atoms with E-state index >= 15 is 0 Å². The summed E-state index contributed by atoms with van der Waals surface area (Å²) < 4.78 is 2.87. The quantitative estimate of drug-likeness (QED) is 0.747. The SMILES string of the molecule is Cc1cc(NC(C)c2ccc(-n3cccn3)cc2)ncc1Br. The van der Waals surface area contributed by atoms with Crippen LogP contribution in [-0.2, 0) is 0 Å². The fourth-order valence-electron chi connectivity index (χ4n) is 2.26. The van der Waals surface area contributed by atoms with Crippen LogP contribution in [-0.4, -0.2) is 14.8 Å². The van der Waals surface area contributed by atoms with Crippen LogP contribution in [0.25, 0.3) is 5.69 Å². The van der Waals surface area contributed by atoms with Gasteiger partial charge in [0, 0.05) is 29.1 Å². The maximum atomic E-state index is 4.39. The topological polar surface area (TPSA) is 42.7 Å². The third-order valence-electron chi connectivity index (χ3n) is 3.57. The Morgan fingerprint density at radius 2 is 2.00 bits per heavy atom. The highest BCUT2D eigenvalue weighted by atomic mass is 79.9. The van der Waals surface area contributed by atoms with E-state index in [0.717, 1.165) is 16.0 Å². The second-order valence-electron chi connectivity index (χ2n) is 5.23. The number of benzene rings is 1. The fourth-order valence-corrected chi connectivity index (χ4v) is 2.48. The van der Waals surface area contributed by atoms with Gasteiger partial charge in [0.1, 0.15) is 5.82 Å². The molecule has 1 aromatic carbocycles. The van der Waals surface area contributed by atoms with E-state index in [4.69, 9.17) is 0 Å². The summed E-state index contributed by atoms with van der Waals surface area (Å²) in [6.45, 7) is 4.18. The molecule has 1 unspecified atom stereocenters. The van der Waals surface area contributed by atoms with E-state index in [1.54, 1.807) is 6.20 Å². The zero-order chi connectivity index (χ0) is 15.5. The molecule has 3 aromatic rings. The first kappa shape index (κ1) is 14.8. The van der Waals surface area contributed by atoms with Gasteiger partial charge in [0.2, 0.25) is 0 Å². The number of hydrogen-bond donors (Lipinski definition) is 1. The van der Waals surface area contributed by atoms with Crippen LogP contribution in [0.5, 0.6) is 0 Å². The summed E-state index contributed by atoms with van der Waals surface area (Å²) in [5.74, 6) is 0.879. The van der Waals surface area contributed by atoms with Crippen molar-refractivity contribution in [3.8, 4) is 5.69 Å². The minimum Gasteiger partial charge on any atom is -0.364 e. The molecule has 0 amide bonds. The molecule has 0 saturated heterocycles. The number of aryl methyl sites for hydroxylation is 1. The maximum absolute atomic E-state index is 4.39. The zero-order valence-corrected chi connectivity index (χ0v) is 14.1. The van der Waals surface area contributed by atoms with Crippen LogP contribution in [0.1, 0.15) is 24.1 Å². The number of pyridine rings is 1. The van der Waals surface area contributed by atoms with E-state index in [1.165, 1.54) is 11.1 Å². The van der Waals surface area contributed by atoms with Crippen LogP contribution in [0.4, 0.5) is 5.82 Å². The van der Waals surface area contributed by atoms with E-state index in [0.29, 0.717) is 0 Å². The van der Waals surface area contributed by atoms with Gasteiger partial charge in [-0.15, -0.1) is 0 Å². The second-order valence-corrected chi connectivity index (χ2v) is 6.08. The molecule has 0 saturated carbocycles. The van der Waals surface area contributed by atoms with Crippen LogP contribution in [0.3, 0.4) is 0 Å². The number of halogens is 1. The van der Waals surface area contributed by atoms with E-state index in [9.17, 15) is 0 Å². The second kappa shape index (κ2) is 6.32. The summed E-state index contributed by atoms with van der Waals surface area (Å²) in [5, 5.41) is 7.66. The monoisotopic (exact) mass is 356 g/mol. The fraction of sp³-hybridized carbons (Fsp3) is 0.176. The van der Waals surface area contributed by atoms with Crippen LogP contribution in [0.2, 0.25) is 0 Å². The minimum absolute atomic E-state index is 0.180. The predicted molar refractivity (Wildman–Crippen MR) is 92.3 cm³/mol. The molecule has 2 heterocycles. The van der Waals surface area contributed by atoms with Crippen molar-refractivity contribution in [3.63, 3.8) is 0 Å². The molecule has 0 aliphatic carbocycles. The predicted octanol–water partition coefficient (Wildman–Crippen LogP) is 4.51. The molecule has 4 nitrogen and oxygen atoms in total. The van der Waals surface area contributed by atoms with Crippen molar-refractivity contribution in [2.24, 2.45) is 0 Å². The lowest BCUT2D eigenvalue weighted by molar-refractivity contribution is 0.858. The highest BCUT2D eigenvalue weighted by Gasteiger charge is 2.07. The van der Waals surface area contributed by atoms with Crippen LogP contribution in [0, 0.1) is 6.92 Å². The highest BCUT2D eigenvalue weighted by molar-refractivity contribution is 9.10. The van der Waals surface area contributed by atoms with Gasteiger partial charge in [-0.3, -0.25) is 0 Å². The Balaban J connectivity index is 1.74. The summed E-state index contributed by atoms with van der Waals surface area (Å²) in [6.07, 6.45) is 5.54. The van der Waals surface area contributed by atoms with Crippen LogP contribution >= 0.6 is 15.9 Å². The molecular formula is C17H17BrN4. The van der Waals surface area contributed by atoms with E-state index < -0.39 is 0 Å². The lowest BCUT2D eigenvalue weighted by Crippen LogP contribution is -2.08. The molecule has 0 radical (unpaired) electrons. The standard InChI is InChI=1S/C17H17BrN4/c1-12-10-17(19-11-16(12)18)21-13(2)14-4-6-15(7-5-14)22-9-3-8-20-22/h3-11,13H,1-2H3,(H,19,21). The largest absolute Gasteiger partial charge is 0.364 e. The molecule has 0 fully saturated rings. The number of anilines is 1. The Hall–Kier alpha value is -2.14.